The van der Waals surface area contributed by atoms with Crippen molar-refractivity contribution in [3.63, 3.8) is 0 Å². The lowest BCUT2D eigenvalue weighted by Crippen LogP contribution is -2.30. The van der Waals surface area contributed by atoms with Gasteiger partial charge in [0.1, 0.15) is 10.7 Å². The Balaban J connectivity index is 3.03. The summed E-state index contributed by atoms with van der Waals surface area (Å²) in [5, 5.41) is 0. The molecule has 5 heteroatoms. The molecule has 2 N–H and O–H groups in total. The zero-order valence-electron chi connectivity index (χ0n) is 13.1. The van der Waals surface area contributed by atoms with Crippen LogP contribution >= 0.6 is 12.2 Å². The summed E-state index contributed by atoms with van der Waals surface area (Å²) in [7, 11) is 0. The molecule has 1 aromatic rings. The zero-order chi connectivity index (χ0) is 16.0. The van der Waals surface area contributed by atoms with Gasteiger partial charge in [-0.1, -0.05) is 25.6 Å². The van der Waals surface area contributed by atoms with Crippen LogP contribution in [0.1, 0.15) is 43.4 Å². The second-order valence-electron chi connectivity index (χ2n) is 4.95. The van der Waals surface area contributed by atoms with Gasteiger partial charge in [0.05, 0.1) is 6.61 Å². The highest BCUT2D eigenvalue weighted by molar-refractivity contribution is 7.80. The predicted molar refractivity (Wildman–Crippen MR) is 87.8 cm³/mol. The Morgan fingerprint density at radius 2 is 1.86 bits per heavy atom. The summed E-state index contributed by atoms with van der Waals surface area (Å²) in [6, 6.07) is 3.75. The molecule has 0 heterocycles. The molecular formula is C16H23NO3S. The predicted octanol–water partition coefficient (Wildman–Crippen LogP) is 3.05. The average molecular weight is 309 g/mol. The zero-order valence-corrected chi connectivity index (χ0v) is 13.9. The molecule has 116 valence electrons. The maximum Gasteiger partial charge on any atom is 0.347 e. The molecular weight excluding hydrogens is 286 g/mol. The molecule has 0 spiro atoms. The highest BCUT2D eigenvalue weighted by atomic mass is 32.1. The van der Waals surface area contributed by atoms with Crippen molar-refractivity contribution in [2.24, 2.45) is 5.73 Å². The van der Waals surface area contributed by atoms with Gasteiger partial charge in [-0.15, -0.1) is 0 Å². The van der Waals surface area contributed by atoms with Gasteiger partial charge in [0.2, 0.25) is 0 Å². The van der Waals surface area contributed by atoms with Crippen LogP contribution in [0.2, 0.25) is 0 Å². The summed E-state index contributed by atoms with van der Waals surface area (Å²) >= 11 is 4.99. The Kier molecular flexibility index (Phi) is 6.62. The van der Waals surface area contributed by atoms with Crippen molar-refractivity contribution >= 4 is 23.2 Å². The van der Waals surface area contributed by atoms with Gasteiger partial charge in [0.15, 0.2) is 6.10 Å². The monoisotopic (exact) mass is 309 g/mol. The van der Waals surface area contributed by atoms with Crippen LogP contribution in [-0.2, 0) is 9.53 Å². The van der Waals surface area contributed by atoms with Crippen molar-refractivity contribution in [1.82, 2.24) is 0 Å². The third kappa shape index (κ3) is 4.70. The van der Waals surface area contributed by atoms with Gasteiger partial charge in [-0.05, 0) is 50.5 Å². The third-order valence-electron chi connectivity index (χ3n) is 3.11. The highest BCUT2D eigenvalue weighted by Gasteiger charge is 2.22. The number of aryl methyl sites for hydroxylation is 2. The minimum Gasteiger partial charge on any atom is -0.478 e. The number of hydrogen-bond acceptors (Lipinski definition) is 4. The number of carbonyl (C=O) groups excluding carboxylic acids is 1. The number of carbonyl (C=O) groups is 1. The van der Waals surface area contributed by atoms with E-state index < -0.39 is 6.10 Å². The van der Waals surface area contributed by atoms with E-state index in [9.17, 15) is 4.79 Å². The summed E-state index contributed by atoms with van der Waals surface area (Å²) in [4.78, 5) is 12.3. The van der Waals surface area contributed by atoms with E-state index in [1.165, 1.54) is 0 Å². The fraction of sp³-hybridized carbons (Fsp3) is 0.500. The standard InChI is InChI=1S/C16H23NO3S/c1-5-7-13(16(18)19-6-2)20-14-10(3)8-12(15(17)21)9-11(14)4/h8-9,13H,5-7H2,1-4H3,(H2,17,21). The van der Waals surface area contributed by atoms with E-state index in [1.54, 1.807) is 6.92 Å². The van der Waals surface area contributed by atoms with E-state index in [4.69, 9.17) is 27.4 Å². The lowest BCUT2D eigenvalue weighted by Gasteiger charge is -2.20. The van der Waals surface area contributed by atoms with E-state index in [0.29, 0.717) is 23.8 Å². The van der Waals surface area contributed by atoms with Crippen LogP contribution in [0.15, 0.2) is 12.1 Å². The van der Waals surface area contributed by atoms with Gasteiger partial charge in [-0.25, -0.2) is 4.79 Å². The molecule has 0 aliphatic carbocycles. The number of ether oxygens (including phenoxy) is 2. The molecule has 0 aromatic heterocycles. The normalized spacial score (nSPS) is 11.8. The number of benzene rings is 1. The molecule has 1 atom stereocenters. The smallest absolute Gasteiger partial charge is 0.347 e. The third-order valence-corrected chi connectivity index (χ3v) is 3.34. The molecule has 0 bridgehead atoms. The second-order valence-corrected chi connectivity index (χ2v) is 5.39. The summed E-state index contributed by atoms with van der Waals surface area (Å²) < 4.78 is 11.0. The average Bonchev–Trinajstić information content (AvgIpc) is 2.41. The fourth-order valence-electron chi connectivity index (χ4n) is 2.14. The first-order valence-electron chi connectivity index (χ1n) is 7.15. The number of rotatable bonds is 7. The number of hydrogen-bond donors (Lipinski definition) is 1. The van der Waals surface area contributed by atoms with Crippen LogP contribution in [0.3, 0.4) is 0 Å². The molecule has 1 unspecified atom stereocenters. The largest absolute Gasteiger partial charge is 0.478 e. The lowest BCUT2D eigenvalue weighted by atomic mass is 10.1. The van der Waals surface area contributed by atoms with E-state index in [1.807, 2.05) is 32.9 Å². The summed E-state index contributed by atoms with van der Waals surface area (Å²) in [6.07, 6.45) is 0.879. The van der Waals surface area contributed by atoms with E-state index in [-0.39, 0.29) is 5.97 Å². The molecule has 0 fully saturated rings. The Bertz CT molecular complexity index is 505. The van der Waals surface area contributed by atoms with Crippen LogP contribution in [0.5, 0.6) is 5.75 Å². The van der Waals surface area contributed by atoms with Crippen LogP contribution in [0.25, 0.3) is 0 Å². The number of thiocarbonyl (C=S) groups is 1. The first-order valence-corrected chi connectivity index (χ1v) is 7.55. The van der Waals surface area contributed by atoms with Gasteiger partial charge in [-0.3, -0.25) is 0 Å². The minimum atomic E-state index is -0.581. The first-order chi connectivity index (χ1) is 9.90. The molecule has 0 saturated heterocycles. The maximum atomic E-state index is 11.9. The van der Waals surface area contributed by atoms with E-state index >= 15 is 0 Å². The minimum absolute atomic E-state index is 0.323. The van der Waals surface area contributed by atoms with Crippen molar-refractivity contribution in [3.8, 4) is 5.75 Å². The van der Waals surface area contributed by atoms with Crippen LogP contribution < -0.4 is 10.5 Å². The van der Waals surface area contributed by atoms with Crippen molar-refractivity contribution in [3.05, 3.63) is 28.8 Å². The topological polar surface area (TPSA) is 61.5 Å². The van der Waals surface area contributed by atoms with Crippen molar-refractivity contribution in [1.29, 1.82) is 0 Å². The Morgan fingerprint density at radius 1 is 1.29 bits per heavy atom. The lowest BCUT2D eigenvalue weighted by molar-refractivity contribution is -0.151. The molecule has 0 aliphatic rings. The Morgan fingerprint density at radius 3 is 2.29 bits per heavy atom. The molecule has 0 amide bonds. The molecule has 0 radical (unpaired) electrons. The summed E-state index contributed by atoms with van der Waals surface area (Å²) in [5.74, 6) is 0.373. The molecule has 4 nitrogen and oxygen atoms in total. The van der Waals surface area contributed by atoms with Crippen molar-refractivity contribution in [2.45, 2.75) is 46.6 Å². The van der Waals surface area contributed by atoms with E-state index in [2.05, 4.69) is 0 Å². The number of esters is 1. The maximum absolute atomic E-state index is 11.9. The molecule has 21 heavy (non-hydrogen) atoms. The highest BCUT2D eigenvalue weighted by Crippen LogP contribution is 2.27. The summed E-state index contributed by atoms with van der Waals surface area (Å²) in [6.45, 7) is 7.97. The van der Waals surface area contributed by atoms with Crippen molar-refractivity contribution < 1.29 is 14.3 Å². The van der Waals surface area contributed by atoms with Gasteiger partial charge >= 0.3 is 5.97 Å². The van der Waals surface area contributed by atoms with Gasteiger partial charge < -0.3 is 15.2 Å². The SMILES string of the molecule is CCCC(Oc1c(C)cc(C(N)=S)cc1C)C(=O)OCC. The molecule has 0 aliphatic heterocycles. The molecule has 0 saturated carbocycles. The molecule has 1 aromatic carbocycles. The van der Waals surface area contributed by atoms with Crippen LogP contribution in [-0.4, -0.2) is 23.7 Å². The first kappa shape index (κ1) is 17.4. The molecule has 1 rings (SSSR count). The second kappa shape index (κ2) is 7.98. The van der Waals surface area contributed by atoms with Crippen LogP contribution in [0.4, 0.5) is 0 Å². The van der Waals surface area contributed by atoms with Gasteiger partial charge in [0, 0.05) is 5.56 Å². The van der Waals surface area contributed by atoms with E-state index in [0.717, 1.165) is 23.1 Å². The Hall–Kier alpha value is -1.62. The number of nitrogens with two attached hydrogens (primary N) is 1. The quantitative estimate of drug-likeness (QED) is 0.619. The van der Waals surface area contributed by atoms with Gasteiger partial charge in [0.25, 0.3) is 0 Å². The summed E-state index contributed by atoms with van der Waals surface area (Å²) in [5.41, 5.74) is 8.27. The van der Waals surface area contributed by atoms with Gasteiger partial charge in [-0.2, -0.15) is 0 Å². The van der Waals surface area contributed by atoms with Crippen molar-refractivity contribution in [2.75, 3.05) is 6.61 Å². The Labute approximate surface area is 131 Å². The van der Waals surface area contributed by atoms with Crippen LogP contribution in [0, 0.1) is 13.8 Å². The fourth-order valence-corrected chi connectivity index (χ4v) is 2.26.